The van der Waals surface area contributed by atoms with E-state index in [9.17, 15) is 23.1 Å². The number of sulfonamides is 1. The predicted molar refractivity (Wildman–Crippen MR) is 118 cm³/mol. The second kappa shape index (κ2) is 10.2. The van der Waals surface area contributed by atoms with Crippen molar-refractivity contribution < 1.29 is 27.9 Å². The fourth-order valence-electron chi connectivity index (χ4n) is 3.55. The third kappa shape index (κ3) is 5.73. The Hall–Kier alpha value is -2.75. The number of benzene rings is 2. The van der Waals surface area contributed by atoms with E-state index in [4.69, 9.17) is 4.74 Å². The molecular weight excluding hydrogens is 432 g/mol. The predicted octanol–water partition coefficient (Wildman–Crippen LogP) is 1.33. The molecule has 2 aromatic rings. The van der Waals surface area contributed by atoms with E-state index < -0.39 is 40.7 Å². The molecule has 0 spiro atoms. The van der Waals surface area contributed by atoms with Crippen LogP contribution in [0.4, 0.5) is 0 Å². The summed E-state index contributed by atoms with van der Waals surface area (Å²) in [5, 5.41) is 12.7. The molecule has 0 aliphatic carbocycles. The molecule has 8 nitrogen and oxygen atoms in total. The zero-order chi connectivity index (χ0) is 23.3. The van der Waals surface area contributed by atoms with Gasteiger partial charge in [0.05, 0.1) is 11.0 Å². The molecule has 0 radical (unpaired) electrons. The average Bonchev–Trinajstić information content (AvgIpc) is 3.17. The van der Waals surface area contributed by atoms with Crippen molar-refractivity contribution in [1.29, 1.82) is 0 Å². The summed E-state index contributed by atoms with van der Waals surface area (Å²) in [6.07, 6.45) is -0.441. The van der Waals surface area contributed by atoms with E-state index in [1.54, 1.807) is 13.0 Å². The number of carbonyl (C=O) groups is 2. The fraction of sp³-hybridized carbons (Fsp3) is 0.391. The maximum atomic E-state index is 13.1. The maximum Gasteiger partial charge on any atom is 0.325 e. The smallest absolute Gasteiger partial charge is 0.325 e. The monoisotopic (exact) mass is 460 g/mol. The number of aliphatic hydroxyl groups is 1. The first-order valence-corrected chi connectivity index (χ1v) is 11.9. The Balaban J connectivity index is 1.58. The Morgan fingerprint density at radius 3 is 2.53 bits per heavy atom. The van der Waals surface area contributed by atoms with Gasteiger partial charge >= 0.3 is 5.97 Å². The van der Waals surface area contributed by atoms with Gasteiger partial charge in [-0.15, -0.1) is 0 Å². The van der Waals surface area contributed by atoms with E-state index in [0.29, 0.717) is 13.0 Å². The number of aryl methyl sites for hydroxylation is 2. The highest BCUT2D eigenvalue weighted by Gasteiger charge is 2.44. The SMILES string of the molecule is Cc1ccc(S(=O)(=O)N2CC(O)CC2C(=O)OCC(=O)NCCc2ccccc2)cc1C. The fourth-order valence-corrected chi connectivity index (χ4v) is 5.26. The summed E-state index contributed by atoms with van der Waals surface area (Å²) < 4.78 is 32.2. The molecule has 0 saturated carbocycles. The lowest BCUT2D eigenvalue weighted by Gasteiger charge is -2.22. The van der Waals surface area contributed by atoms with E-state index in [1.165, 1.54) is 12.1 Å². The highest BCUT2D eigenvalue weighted by molar-refractivity contribution is 7.89. The van der Waals surface area contributed by atoms with Crippen LogP contribution >= 0.6 is 0 Å². The number of aliphatic hydroxyl groups excluding tert-OH is 1. The summed E-state index contributed by atoms with van der Waals surface area (Å²) >= 11 is 0. The Bertz CT molecular complexity index is 1070. The number of β-amino-alcohol motifs (C(OH)–C–C–N with tert-alkyl or cyclic N) is 1. The van der Waals surface area contributed by atoms with Crippen LogP contribution in [-0.2, 0) is 30.8 Å². The number of nitrogens with zero attached hydrogens (tertiary/aromatic N) is 1. The molecule has 1 saturated heterocycles. The zero-order valence-electron chi connectivity index (χ0n) is 18.2. The van der Waals surface area contributed by atoms with Crippen LogP contribution in [0, 0.1) is 13.8 Å². The van der Waals surface area contributed by atoms with Gasteiger partial charge in [-0.25, -0.2) is 8.42 Å². The van der Waals surface area contributed by atoms with Crippen molar-refractivity contribution in [1.82, 2.24) is 9.62 Å². The molecular formula is C23H28N2O6S. The molecule has 2 unspecified atom stereocenters. The number of ether oxygens (including phenoxy) is 1. The van der Waals surface area contributed by atoms with Crippen molar-refractivity contribution in [3.05, 3.63) is 65.2 Å². The first kappa shape index (κ1) is 23.9. The van der Waals surface area contributed by atoms with Crippen LogP contribution in [0.25, 0.3) is 0 Å². The van der Waals surface area contributed by atoms with Crippen LogP contribution < -0.4 is 5.32 Å². The first-order valence-electron chi connectivity index (χ1n) is 10.4. The van der Waals surface area contributed by atoms with Crippen molar-refractivity contribution in [2.24, 2.45) is 0 Å². The van der Waals surface area contributed by atoms with Gasteiger partial charge in [0.25, 0.3) is 5.91 Å². The first-order chi connectivity index (χ1) is 15.2. The lowest BCUT2D eigenvalue weighted by molar-refractivity contribution is -0.151. The van der Waals surface area contributed by atoms with Gasteiger partial charge in [0, 0.05) is 19.5 Å². The van der Waals surface area contributed by atoms with Gasteiger partial charge in [0.15, 0.2) is 6.61 Å². The van der Waals surface area contributed by atoms with Gasteiger partial charge in [-0.1, -0.05) is 36.4 Å². The minimum atomic E-state index is -4.02. The van der Waals surface area contributed by atoms with E-state index in [2.05, 4.69) is 5.32 Å². The Morgan fingerprint density at radius 2 is 1.84 bits per heavy atom. The quantitative estimate of drug-likeness (QED) is 0.575. The normalized spacial score (nSPS) is 19.0. The highest BCUT2D eigenvalue weighted by atomic mass is 32.2. The van der Waals surface area contributed by atoms with Crippen LogP contribution in [0.5, 0.6) is 0 Å². The molecule has 3 rings (SSSR count). The van der Waals surface area contributed by atoms with Crippen LogP contribution in [0.3, 0.4) is 0 Å². The second-order valence-corrected chi connectivity index (χ2v) is 9.81. The van der Waals surface area contributed by atoms with Gasteiger partial charge in [0.2, 0.25) is 10.0 Å². The third-order valence-electron chi connectivity index (χ3n) is 5.51. The summed E-state index contributed by atoms with van der Waals surface area (Å²) in [7, 11) is -4.02. The Labute approximate surface area is 188 Å². The molecule has 32 heavy (non-hydrogen) atoms. The van der Waals surface area contributed by atoms with Gasteiger partial charge in [0.1, 0.15) is 6.04 Å². The summed E-state index contributed by atoms with van der Waals surface area (Å²) in [6, 6.07) is 13.1. The number of hydrogen-bond acceptors (Lipinski definition) is 6. The van der Waals surface area contributed by atoms with Gasteiger partial charge in [-0.2, -0.15) is 4.31 Å². The van der Waals surface area contributed by atoms with Crippen LogP contribution in [0.15, 0.2) is 53.4 Å². The number of nitrogens with one attached hydrogen (secondary N) is 1. The number of hydrogen-bond donors (Lipinski definition) is 2. The van der Waals surface area contributed by atoms with Crippen LogP contribution in [0.2, 0.25) is 0 Å². The molecule has 1 amide bonds. The molecule has 9 heteroatoms. The average molecular weight is 461 g/mol. The lowest BCUT2D eigenvalue weighted by atomic mass is 10.1. The lowest BCUT2D eigenvalue weighted by Crippen LogP contribution is -2.42. The molecule has 0 aromatic heterocycles. The molecule has 2 aromatic carbocycles. The summed E-state index contributed by atoms with van der Waals surface area (Å²) in [6.45, 7) is 3.33. The van der Waals surface area contributed by atoms with Crippen molar-refractivity contribution in [2.75, 3.05) is 19.7 Å². The van der Waals surface area contributed by atoms with Gasteiger partial charge in [-0.3, -0.25) is 9.59 Å². The Kier molecular flexibility index (Phi) is 7.65. The molecule has 1 fully saturated rings. The van der Waals surface area contributed by atoms with E-state index in [-0.39, 0.29) is 17.9 Å². The van der Waals surface area contributed by atoms with Crippen LogP contribution in [-0.4, -0.2) is 61.5 Å². The zero-order valence-corrected chi connectivity index (χ0v) is 19.0. The number of carbonyl (C=O) groups excluding carboxylic acids is 2. The van der Waals surface area contributed by atoms with Crippen molar-refractivity contribution in [2.45, 2.75) is 43.7 Å². The van der Waals surface area contributed by atoms with Crippen molar-refractivity contribution >= 4 is 21.9 Å². The largest absolute Gasteiger partial charge is 0.454 e. The standard InChI is InChI=1S/C23H28N2O6S/c1-16-8-9-20(12-17(16)2)32(29,30)25-14-19(26)13-21(25)23(28)31-15-22(27)24-11-10-18-6-4-3-5-7-18/h3-9,12,19,21,26H,10-11,13-15H2,1-2H3,(H,24,27). The third-order valence-corrected chi connectivity index (χ3v) is 7.39. The van der Waals surface area contributed by atoms with Gasteiger partial charge < -0.3 is 15.2 Å². The highest BCUT2D eigenvalue weighted by Crippen LogP contribution is 2.28. The molecule has 1 aliphatic heterocycles. The molecule has 172 valence electrons. The summed E-state index contributed by atoms with van der Waals surface area (Å²) in [5.41, 5.74) is 2.81. The number of rotatable bonds is 8. The molecule has 0 bridgehead atoms. The number of esters is 1. The summed E-state index contributed by atoms with van der Waals surface area (Å²) in [5.74, 6) is -1.33. The summed E-state index contributed by atoms with van der Waals surface area (Å²) in [4.78, 5) is 24.6. The molecule has 1 heterocycles. The number of amides is 1. The van der Waals surface area contributed by atoms with Crippen LogP contribution in [0.1, 0.15) is 23.1 Å². The minimum absolute atomic E-state index is 0.0474. The van der Waals surface area contributed by atoms with E-state index >= 15 is 0 Å². The van der Waals surface area contributed by atoms with E-state index in [0.717, 1.165) is 21.0 Å². The minimum Gasteiger partial charge on any atom is -0.454 e. The molecule has 1 aliphatic rings. The maximum absolute atomic E-state index is 13.1. The van der Waals surface area contributed by atoms with E-state index in [1.807, 2.05) is 37.3 Å². The second-order valence-electron chi connectivity index (χ2n) is 7.92. The van der Waals surface area contributed by atoms with Crippen molar-refractivity contribution in [3.8, 4) is 0 Å². The topological polar surface area (TPSA) is 113 Å². The Morgan fingerprint density at radius 1 is 1.12 bits per heavy atom. The molecule has 2 atom stereocenters. The van der Waals surface area contributed by atoms with Gasteiger partial charge in [-0.05, 0) is 49.1 Å². The van der Waals surface area contributed by atoms with Crippen molar-refractivity contribution in [3.63, 3.8) is 0 Å². The molecule has 2 N–H and O–H groups in total.